The van der Waals surface area contributed by atoms with Crippen LogP contribution in [-0.2, 0) is 17.2 Å². The van der Waals surface area contributed by atoms with E-state index in [0.29, 0.717) is 11.3 Å². The van der Waals surface area contributed by atoms with Gasteiger partial charge in [0.2, 0.25) is 0 Å². The number of ether oxygens (including phenoxy) is 1. The molecule has 2 atom stereocenters. The van der Waals surface area contributed by atoms with Crippen LogP contribution in [0.15, 0.2) is 12.1 Å². The smallest absolute Gasteiger partial charge is 0.134 e. The molecule has 0 radical (unpaired) electrons. The van der Waals surface area contributed by atoms with Crippen LogP contribution in [0.5, 0.6) is 0 Å². The Hall–Kier alpha value is -1.95. The third kappa shape index (κ3) is 2.02. The molecule has 24 heavy (non-hydrogen) atoms. The van der Waals surface area contributed by atoms with Crippen LogP contribution >= 0.6 is 0 Å². The fourth-order valence-corrected chi connectivity index (χ4v) is 4.48. The van der Waals surface area contributed by atoms with Crippen molar-refractivity contribution >= 4 is 5.69 Å². The number of rotatable bonds is 1. The zero-order chi connectivity index (χ0) is 17.3. The summed E-state index contributed by atoms with van der Waals surface area (Å²) in [6, 6.07) is 3.53. The predicted octanol–water partition coefficient (Wildman–Crippen LogP) is 3.18. The summed E-state index contributed by atoms with van der Waals surface area (Å²) in [5.41, 5.74) is 3.41. The van der Waals surface area contributed by atoms with E-state index in [4.69, 9.17) is 4.74 Å². The maximum absolute atomic E-state index is 14.8. The van der Waals surface area contributed by atoms with Crippen molar-refractivity contribution in [3.05, 3.63) is 29.2 Å². The maximum atomic E-state index is 14.8. The van der Waals surface area contributed by atoms with Crippen LogP contribution < -0.4 is 5.32 Å². The molecule has 2 aliphatic rings. The number of nitrogens with one attached hydrogen (secondary N) is 1. The van der Waals surface area contributed by atoms with Crippen LogP contribution in [0.1, 0.15) is 38.4 Å². The zero-order valence-corrected chi connectivity index (χ0v) is 14.8. The highest BCUT2D eigenvalue weighted by Gasteiger charge is 2.53. The summed E-state index contributed by atoms with van der Waals surface area (Å²) in [5.74, 6) is -0.276. The van der Waals surface area contributed by atoms with E-state index in [0.717, 1.165) is 30.0 Å². The Morgan fingerprint density at radius 3 is 2.71 bits per heavy atom. The molecule has 2 aliphatic heterocycles. The Balaban J connectivity index is 1.93. The minimum Gasteiger partial charge on any atom is -0.377 e. The zero-order valence-electron chi connectivity index (χ0n) is 14.8. The van der Waals surface area contributed by atoms with E-state index >= 15 is 0 Å². The van der Waals surface area contributed by atoms with Gasteiger partial charge in [-0.2, -0.15) is 15.0 Å². The lowest BCUT2D eigenvalue weighted by Crippen LogP contribution is -2.56. The topological polar surface area (TPSA) is 52.0 Å². The molecule has 5 nitrogen and oxygen atoms in total. The first-order valence-electron chi connectivity index (χ1n) is 8.34. The second-order valence-electron chi connectivity index (χ2n) is 7.77. The van der Waals surface area contributed by atoms with Crippen molar-refractivity contribution in [1.82, 2.24) is 15.0 Å². The second kappa shape index (κ2) is 4.79. The van der Waals surface area contributed by atoms with Crippen LogP contribution in [0, 0.1) is 12.7 Å². The van der Waals surface area contributed by atoms with Gasteiger partial charge < -0.3 is 10.1 Å². The van der Waals surface area contributed by atoms with Crippen LogP contribution in [0.2, 0.25) is 0 Å². The average Bonchev–Trinajstić information content (AvgIpc) is 3.02. The molecule has 0 amide bonds. The van der Waals surface area contributed by atoms with Crippen molar-refractivity contribution in [3.8, 4) is 11.3 Å². The molecule has 3 heterocycles. The lowest BCUT2D eigenvalue weighted by molar-refractivity contribution is 0.0352. The molecule has 0 saturated carbocycles. The fraction of sp³-hybridized carbons (Fsp3) is 0.556. The molecule has 128 valence electrons. The molecule has 1 saturated heterocycles. The predicted molar refractivity (Wildman–Crippen MR) is 90.5 cm³/mol. The first-order chi connectivity index (χ1) is 11.2. The molecule has 0 bridgehead atoms. The van der Waals surface area contributed by atoms with E-state index in [-0.39, 0.29) is 22.9 Å². The van der Waals surface area contributed by atoms with E-state index in [9.17, 15) is 4.39 Å². The summed E-state index contributed by atoms with van der Waals surface area (Å²) >= 11 is 0. The third-order valence-corrected chi connectivity index (χ3v) is 5.46. The lowest BCUT2D eigenvalue weighted by atomic mass is 9.67. The number of hydrogen-bond acceptors (Lipinski definition) is 4. The van der Waals surface area contributed by atoms with Crippen LogP contribution in [0.4, 0.5) is 10.1 Å². The number of anilines is 1. The number of halogens is 1. The Morgan fingerprint density at radius 1 is 1.29 bits per heavy atom. The van der Waals surface area contributed by atoms with Gasteiger partial charge in [-0.1, -0.05) is 6.92 Å². The molecule has 1 fully saturated rings. The normalized spacial score (nSPS) is 27.5. The van der Waals surface area contributed by atoms with Gasteiger partial charge in [0.1, 0.15) is 11.5 Å². The number of aryl methyl sites for hydroxylation is 2. The minimum absolute atomic E-state index is 0.0544. The third-order valence-electron chi connectivity index (χ3n) is 5.46. The quantitative estimate of drug-likeness (QED) is 0.872. The first-order valence-corrected chi connectivity index (χ1v) is 8.34. The van der Waals surface area contributed by atoms with Crippen molar-refractivity contribution in [1.29, 1.82) is 0 Å². The van der Waals surface area contributed by atoms with Gasteiger partial charge in [-0.3, -0.25) is 0 Å². The van der Waals surface area contributed by atoms with Crippen molar-refractivity contribution < 1.29 is 9.13 Å². The second-order valence-corrected chi connectivity index (χ2v) is 7.77. The molecule has 0 aliphatic carbocycles. The van der Waals surface area contributed by atoms with E-state index in [1.807, 2.05) is 13.0 Å². The van der Waals surface area contributed by atoms with Gasteiger partial charge in [0, 0.05) is 30.3 Å². The summed E-state index contributed by atoms with van der Waals surface area (Å²) in [7, 11) is 1.75. The lowest BCUT2D eigenvalue weighted by Gasteiger charge is -2.48. The Kier molecular flexibility index (Phi) is 3.10. The highest BCUT2D eigenvalue weighted by molar-refractivity contribution is 5.71. The van der Waals surface area contributed by atoms with Gasteiger partial charge in [-0.25, -0.2) is 4.39 Å². The maximum Gasteiger partial charge on any atom is 0.134 e. The Labute approximate surface area is 141 Å². The molecule has 6 heteroatoms. The SMILES string of the molecule is Cc1nn(C)nc1-c1cc2c(cc1F)NC(C)(C)C1OCCC21C. The van der Waals surface area contributed by atoms with Gasteiger partial charge in [-0.05, 0) is 44.9 Å². The van der Waals surface area contributed by atoms with Gasteiger partial charge in [0.15, 0.2) is 0 Å². The molecule has 1 N–H and O–H groups in total. The molecule has 0 spiro atoms. The number of hydrogen-bond donors (Lipinski definition) is 1. The summed E-state index contributed by atoms with van der Waals surface area (Å²) in [6.45, 7) is 9.03. The fourth-order valence-electron chi connectivity index (χ4n) is 4.48. The summed E-state index contributed by atoms with van der Waals surface area (Å²) < 4.78 is 20.9. The van der Waals surface area contributed by atoms with Gasteiger partial charge in [0.05, 0.1) is 17.3 Å². The largest absolute Gasteiger partial charge is 0.377 e. The average molecular weight is 330 g/mol. The minimum atomic E-state index is -0.276. The molecule has 2 aromatic rings. The van der Waals surface area contributed by atoms with Crippen LogP contribution in [0.25, 0.3) is 11.3 Å². The summed E-state index contributed by atoms with van der Waals surface area (Å²) in [4.78, 5) is 1.48. The summed E-state index contributed by atoms with van der Waals surface area (Å²) in [5, 5.41) is 12.1. The standard InChI is InChI=1S/C18H23FN4O/c1-10-15(22-23(5)21-10)11-8-12-14(9-13(11)19)20-17(2,3)16-18(12,4)6-7-24-16/h8-9,16,20H,6-7H2,1-5H3. The number of aromatic nitrogens is 3. The highest BCUT2D eigenvalue weighted by Crippen LogP contribution is 2.51. The monoisotopic (exact) mass is 330 g/mol. The van der Waals surface area contributed by atoms with Crippen molar-refractivity contribution in [2.75, 3.05) is 11.9 Å². The van der Waals surface area contributed by atoms with Gasteiger partial charge in [-0.15, -0.1) is 0 Å². The Bertz CT molecular complexity index is 829. The van der Waals surface area contributed by atoms with Crippen molar-refractivity contribution in [3.63, 3.8) is 0 Å². The summed E-state index contributed by atoms with van der Waals surface area (Å²) in [6.07, 6.45) is 0.985. The van der Waals surface area contributed by atoms with Crippen molar-refractivity contribution in [2.45, 2.75) is 51.2 Å². The highest BCUT2D eigenvalue weighted by atomic mass is 19.1. The molecule has 4 rings (SSSR count). The van der Waals surface area contributed by atoms with Gasteiger partial charge in [0.25, 0.3) is 0 Å². The van der Waals surface area contributed by atoms with Gasteiger partial charge >= 0.3 is 0 Å². The number of benzene rings is 1. The number of nitrogens with zero attached hydrogens (tertiary/aromatic N) is 3. The van der Waals surface area contributed by atoms with Crippen LogP contribution in [-0.4, -0.2) is 33.2 Å². The first kappa shape index (κ1) is 15.6. The van der Waals surface area contributed by atoms with E-state index < -0.39 is 0 Å². The van der Waals surface area contributed by atoms with E-state index in [2.05, 4.69) is 36.3 Å². The Morgan fingerprint density at radius 2 is 2.04 bits per heavy atom. The van der Waals surface area contributed by atoms with Crippen molar-refractivity contribution in [2.24, 2.45) is 7.05 Å². The molecular formula is C18H23FN4O. The number of fused-ring (bicyclic) bond motifs is 3. The van der Waals surface area contributed by atoms with E-state index in [1.165, 1.54) is 4.80 Å². The molecule has 2 unspecified atom stereocenters. The molecule has 1 aromatic heterocycles. The van der Waals surface area contributed by atoms with E-state index in [1.54, 1.807) is 13.1 Å². The molecular weight excluding hydrogens is 307 g/mol. The van der Waals surface area contributed by atoms with Crippen LogP contribution in [0.3, 0.4) is 0 Å². The molecule has 1 aromatic carbocycles.